The van der Waals surface area contributed by atoms with Gasteiger partial charge in [-0.15, -0.1) is 0 Å². The summed E-state index contributed by atoms with van der Waals surface area (Å²) in [6.07, 6.45) is 8.51. The average molecular weight is 1390 g/mol. The van der Waals surface area contributed by atoms with Gasteiger partial charge in [0.2, 0.25) is 0 Å². The number of hydrogen-bond acceptors (Lipinski definition) is 0. The van der Waals surface area contributed by atoms with Crippen molar-refractivity contribution in [3.05, 3.63) is 429 Å². The minimum atomic E-state index is -0.212. The zero-order valence-corrected chi connectivity index (χ0v) is 61.0. The molecule has 4 spiro atoms. The molecule has 512 valence electrons. The van der Waals surface area contributed by atoms with E-state index in [1.807, 2.05) is 0 Å². The highest BCUT2D eigenvalue weighted by Gasteiger charge is 2.53. The zero-order valence-electron chi connectivity index (χ0n) is 61.0. The van der Waals surface area contributed by atoms with Crippen molar-refractivity contribution in [2.45, 2.75) is 73.0 Å². The molecule has 8 aliphatic rings. The quantitative estimate of drug-likeness (QED) is 0.154. The molecule has 18 aromatic carbocycles. The summed E-state index contributed by atoms with van der Waals surface area (Å²) in [6, 6.07) is 134. The van der Waals surface area contributed by atoms with Crippen LogP contribution in [0.5, 0.6) is 0 Å². The maximum atomic E-state index is 2.61. The standard InChI is InChI=1S/C110H72/c1-9-25-93-65(17-1)49-53-107(93)97-29-13-5-21-81(97)85-45-37-73(61-101(85)107)69-33-41-77-78-42-34-71(75-39-47-87-83-23-7-15-31-99(83)109(103(87)63-75)55-51-67-19-3-11-27-95(67)109)59-91(78)106-92-60-72(76-40-48-88-84-24-8-16-32-100(84)110(104(88)64-76)56-52-68-20-4-12-28-96(68)110)36-44-80(92)79-43-35-70(58-90(79)105(106)89(77)57-69)74-38-46-86-82-22-6-14-30-98(82)108(102(86)62-74)54-50-66-18-2-10-26-94(66)108/h1-48,57-64H,49-56H2. The molecule has 0 aromatic heterocycles. The first-order chi connectivity index (χ1) is 54.4. The molecule has 8 aliphatic carbocycles. The van der Waals surface area contributed by atoms with Crippen LogP contribution in [0.1, 0.15) is 115 Å². The van der Waals surface area contributed by atoms with Gasteiger partial charge in [0.05, 0.1) is 0 Å². The molecule has 0 saturated carbocycles. The summed E-state index contributed by atoms with van der Waals surface area (Å²) in [4.78, 5) is 0. The first kappa shape index (κ1) is 60.3. The Hall–Kier alpha value is -12.7. The fourth-order valence-corrected chi connectivity index (χ4v) is 24.4. The van der Waals surface area contributed by atoms with Crippen molar-refractivity contribution in [2.75, 3.05) is 0 Å². The highest BCUT2D eigenvalue weighted by molar-refractivity contribution is 6.40. The third-order valence-corrected chi connectivity index (χ3v) is 28.9. The van der Waals surface area contributed by atoms with E-state index in [0.29, 0.717) is 0 Å². The Labute approximate surface area is 640 Å². The largest absolute Gasteiger partial charge is 0.0620 e. The lowest BCUT2D eigenvalue weighted by Gasteiger charge is -2.29. The zero-order chi connectivity index (χ0) is 71.5. The molecule has 0 aliphatic heterocycles. The lowest BCUT2D eigenvalue weighted by Crippen LogP contribution is -2.23. The van der Waals surface area contributed by atoms with Crippen LogP contribution >= 0.6 is 0 Å². The normalized spacial score (nSPS) is 19.7. The molecular weight excluding hydrogens is 1320 g/mol. The van der Waals surface area contributed by atoms with Gasteiger partial charge in [0.25, 0.3) is 0 Å². The van der Waals surface area contributed by atoms with Crippen LogP contribution < -0.4 is 0 Å². The number of aryl methyl sites for hydroxylation is 4. The molecule has 0 saturated heterocycles. The fraction of sp³-hybridized carbons (Fsp3) is 0.109. The molecule has 0 fully saturated rings. The van der Waals surface area contributed by atoms with Crippen molar-refractivity contribution in [3.8, 4) is 89.0 Å². The predicted molar refractivity (Wildman–Crippen MR) is 456 cm³/mol. The van der Waals surface area contributed by atoms with E-state index in [1.54, 1.807) is 0 Å². The first-order valence-electron chi connectivity index (χ1n) is 40.1. The first-order valence-corrected chi connectivity index (χ1v) is 40.1. The molecule has 0 amide bonds. The molecule has 4 unspecified atom stereocenters. The van der Waals surface area contributed by atoms with Crippen molar-refractivity contribution < 1.29 is 0 Å². The smallest absolute Gasteiger partial charge is 0.0469 e. The summed E-state index contributed by atoms with van der Waals surface area (Å²) in [7, 11) is 0. The van der Waals surface area contributed by atoms with Crippen molar-refractivity contribution in [2.24, 2.45) is 0 Å². The molecule has 0 radical (unpaired) electrons. The number of rotatable bonds is 4. The van der Waals surface area contributed by atoms with E-state index in [9.17, 15) is 0 Å². The molecule has 4 atom stereocenters. The molecule has 110 heavy (non-hydrogen) atoms. The average Bonchev–Trinajstić information content (AvgIpc) is 1.62. The Morgan fingerprint density at radius 3 is 0.582 bits per heavy atom. The number of fused-ring (bicyclic) bond motifs is 39. The SMILES string of the molecule is c1ccc2c(c1)CCC21c2ccccc2-c2ccc(-c3ccc4c5ccc(-c6ccc7c(c6)C6(CCc8ccccc86)c6ccccc6-7)cc5c5c6cc(-c7ccc8c(c7)C7(CCc9ccccc97)c7ccccc7-8)ccc6c6ccc(-c7ccc8c(c7)C7(CCc9ccccc97)c7ccccc7-8)cc6c5c4c3)cc21. The van der Waals surface area contributed by atoms with Gasteiger partial charge < -0.3 is 0 Å². The number of hydrogen-bond donors (Lipinski definition) is 0. The molecule has 0 N–H and O–H groups in total. The van der Waals surface area contributed by atoms with E-state index < -0.39 is 0 Å². The van der Waals surface area contributed by atoms with Crippen molar-refractivity contribution in [3.63, 3.8) is 0 Å². The van der Waals surface area contributed by atoms with Gasteiger partial charge in [-0.1, -0.05) is 291 Å². The van der Waals surface area contributed by atoms with Crippen LogP contribution in [0.2, 0.25) is 0 Å². The molecule has 0 heterocycles. The number of benzene rings is 18. The van der Waals surface area contributed by atoms with Gasteiger partial charge in [-0.25, -0.2) is 0 Å². The van der Waals surface area contributed by atoms with Crippen molar-refractivity contribution >= 4 is 53.9 Å². The van der Waals surface area contributed by atoms with E-state index in [4.69, 9.17) is 0 Å². The van der Waals surface area contributed by atoms with Crippen LogP contribution in [0.15, 0.2) is 340 Å². The Morgan fingerprint density at radius 2 is 0.336 bits per heavy atom. The van der Waals surface area contributed by atoms with Crippen molar-refractivity contribution in [1.82, 2.24) is 0 Å². The lowest BCUT2D eigenvalue weighted by atomic mass is 9.73. The molecular formula is C110H72. The maximum absolute atomic E-state index is 2.61. The van der Waals surface area contributed by atoms with Gasteiger partial charge in [0.15, 0.2) is 0 Å². The molecule has 18 aromatic rings. The summed E-state index contributed by atoms with van der Waals surface area (Å²) in [5.41, 5.74) is 43.3. The Balaban J connectivity index is 0.753. The van der Waals surface area contributed by atoms with E-state index in [1.165, 1.54) is 232 Å². The van der Waals surface area contributed by atoms with E-state index in [-0.39, 0.29) is 21.7 Å². The summed E-state index contributed by atoms with van der Waals surface area (Å²) in [5, 5.41) is 12.8. The van der Waals surface area contributed by atoms with E-state index in [2.05, 4.69) is 340 Å². The second-order valence-electron chi connectivity index (χ2n) is 33.3. The predicted octanol–water partition coefficient (Wildman–Crippen LogP) is 27.2. The minimum absolute atomic E-state index is 0.212. The second kappa shape index (κ2) is 21.6. The van der Waals surface area contributed by atoms with Gasteiger partial charge in [0, 0.05) is 21.7 Å². The van der Waals surface area contributed by atoms with Crippen LogP contribution in [-0.4, -0.2) is 0 Å². The molecule has 0 heteroatoms. The van der Waals surface area contributed by atoms with Crippen LogP contribution in [0.25, 0.3) is 143 Å². The van der Waals surface area contributed by atoms with Gasteiger partial charge in [-0.2, -0.15) is 0 Å². The molecule has 0 nitrogen and oxygen atoms in total. The van der Waals surface area contributed by atoms with E-state index in [0.717, 1.165) is 51.4 Å². The van der Waals surface area contributed by atoms with E-state index >= 15 is 0 Å². The maximum Gasteiger partial charge on any atom is 0.0469 e. The molecule has 0 bridgehead atoms. The van der Waals surface area contributed by atoms with Crippen LogP contribution in [0.3, 0.4) is 0 Å². The lowest BCUT2D eigenvalue weighted by molar-refractivity contribution is 0.626. The van der Waals surface area contributed by atoms with Crippen LogP contribution in [-0.2, 0) is 47.3 Å². The Morgan fingerprint density at radius 1 is 0.145 bits per heavy atom. The summed E-state index contributed by atoms with van der Waals surface area (Å²) in [6.45, 7) is 0. The van der Waals surface area contributed by atoms with Gasteiger partial charge >= 0.3 is 0 Å². The highest BCUT2D eigenvalue weighted by Crippen LogP contribution is 2.64. The fourth-order valence-electron chi connectivity index (χ4n) is 24.4. The Kier molecular flexibility index (Phi) is 11.8. The highest BCUT2D eigenvalue weighted by atomic mass is 14.5. The minimum Gasteiger partial charge on any atom is -0.0620 e. The summed E-state index contributed by atoms with van der Waals surface area (Å²) < 4.78 is 0. The monoisotopic (exact) mass is 1390 g/mol. The summed E-state index contributed by atoms with van der Waals surface area (Å²) >= 11 is 0. The third kappa shape index (κ3) is 7.53. The van der Waals surface area contributed by atoms with Gasteiger partial charge in [-0.3, -0.25) is 0 Å². The third-order valence-electron chi connectivity index (χ3n) is 28.9. The van der Waals surface area contributed by atoms with Gasteiger partial charge in [-0.05, 0) is 332 Å². The van der Waals surface area contributed by atoms with Gasteiger partial charge in [0.1, 0.15) is 0 Å². The second-order valence-corrected chi connectivity index (χ2v) is 33.3. The summed E-state index contributed by atoms with van der Waals surface area (Å²) in [5.74, 6) is 0. The van der Waals surface area contributed by atoms with Crippen LogP contribution in [0, 0.1) is 0 Å². The topological polar surface area (TPSA) is 0 Å². The van der Waals surface area contributed by atoms with Crippen LogP contribution in [0.4, 0.5) is 0 Å². The Bertz CT molecular complexity index is 6400. The van der Waals surface area contributed by atoms with Crippen molar-refractivity contribution in [1.29, 1.82) is 0 Å². The molecule has 26 rings (SSSR count).